The summed E-state index contributed by atoms with van der Waals surface area (Å²) in [6.45, 7) is 9.75. The summed E-state index contributed by atoms with van der Waals surface area (Å²) < 4.78 is 19.6. The molecule has 5 rings (SSSR count). The minimum absolute atomic E-state index is 0.0865. The molecule has 198 valence electrons. The molecule has 7 nitrogen and oxygen atoms in total. The average molecular weight is 514 g/mol. The summed E-state index contributed by atoms with van der Waals surface area (Å²) in [5.74, 6) is 2.28. The minimum Gasteiger partial charge on any atom is -0.490 e. The van der Waals surface area contributed by atoms with Crippen molar-refractivity contribution >= 4 is 5.78 Å². The Hall–Kier alpha value is -3.87. The summed E-state index contributed by atoms with van der Waals surface area (Å²) in [5, 5.41) is 9.18. The Bertz CT molecular complexity index is 1440. The molecule has 1 aromatic heterocycles. The number of nitrogens with one attached hydrogen (secondary N) is 1. The first-order valence-electron chi connectivity index (χ1n) is 13.3. The van der Waals surface area contributed by atoms with Gasteiger partial charge in [0, 0.05) is 30.9 Å². The van der Waals surface area contributed by atoms with Crippen LogP contribution in [0.3, 0.4) is 0 Å². The summed E-state index contributed by atoms with van der Waals surface area (Å²) in [6.07, 6.45) is 3.48. The smallest absolute Gasteiger partial charge is 0.228 e. The van der Waals surface area contributed by atoms with Crippen molar-refractivity contribution in [2.24, 2.45) is 5.41 Å². The van der Waals surface area contributed by atoms with Crippen molar-refractivity contribution in [1.29, 1.82) is 5.41 Å². The molecule has 0 saturated carbocycles. The van der Waals surface area contributed by atoms with E-state index in [2.05, 4.69) is 18.8 Å². The lowest BCUT2D eigenvalue weighted by atomic mass is 9.70. The lowest BCUT2D eigenvalue weighted by Gasteiger charge is -2.37. The van der Waals surface area contributed by atoms with E-state index in [0.29, 0.717) is 67.3 Å². The Kier molecular flexibility index (Phi) is 7.11. The zero-order valence-electron chi connectivity index (χ0n) is 22.5. The molecule has 2 heterocycles. The largest absolute Gasteiger partial charge is 0.490 e. The number of benzene rings is 2. The van der Waals surface area contributed by atoms with Crippen LogP contribution in [0.1, 0.15) is 63.1 Å². The zero-order chi connectivity index (χ0) is 26.9. The number of hydrogen-bond acceptors (Lipinski definition) is 6. The second-order valence-electron chi connectivity index (χ2n) is 10.6. The van der Waals surface area contributed by atoms with Gasteiger partial charge in [-0.05, 0) is 48.9 Å². The van der Waals surface area contributed by atoms with Gasteiger partial charge in [-0.15, -0.1) is 0 Å². The highest BCUT2D eigenvalue weighted by molar-refractivity contribution is 6.00. The van der Waals surface area contributed by atoms with Gasteiger partial charge in [0.25, 0.3) is 0 Å². The quantitative estimate of drug-likeness (QED) is 0.426. The van der Waals surface area contributed by atoms with Gasteiger partial charge in [-0.2, -0.15) is 0 Å². The van der Waals surface area contributed by atoms with Gasteiger partial charge in [0.2, 0.25) is 5.88 Å². The molecule has 1 N–H and O–H groups in total. The number of rotatable bonds is 8. The average Bonchev–Trinajstić information content (AvgIpc) is 2.88. The predicted octanol–water partition coefficient (Wildman–Crippen LogP) is 5.57. The normalized spacial score (nSPS) is 17.9. The molecule has 2 aromatic carbocycles. The predicted molar refractivity (Wildman–Crippen MR) is 145 cm³/mol. The van der Waals surface area contributed by atoms with Crippen LogP contribution in [0.5, 0.6) is 17.4 Å². The van der Waals surface area contributed by atoms with E-state index in [0.717, 1.165) is 22.6 Å². The van der Waals surface area contributed by atoms with E-state index >= 15 is 0 Å². The van der Waals surface area contributed by atoms with Crippen LogP contribution in [-0.4, -0.2) is 28.5 Å². The number of nitrogens with zero attached hydrogens (tertiary/aromatic N) is 2. The summed E-state index contributed by atoms with van der Waals surface area (Å²) in [7, 11) is 0. The van der Waals surface area contributed by atoms with E-state index in [4.69, 9.17) is 14.2 Å². The van der Waals surface area contributed by atoms with Crippen LogP contribution >= 0.6 is 0 Å². The van der Waals surface area contributed by atoms with Gasteiger partial charge in [-0.3, -0.25) is 10.2 Å². The van der Waals surface area contributed by atoms with Gasteiger partial charge in [-0.1, -0.05) is 50.2 Å². The Morgan fingerprint density at radius 2 is 1.79 bits per heavy atom. The van der Waals surface area contributed by atoms with Crippen molar-refractivity contribution in [3.8, 4) is 17.4 Å². The van der Waals surface area contributed by atoms with E-state index < -0.39 is 0 Å². The highest BCUT2D eigenvalue weighted by Gasteiger charge is 2.43. The molecule has 0 spiro atoms. The number of allylic oxidation sites excluding steroid dienone is 2. The lowest BCUT2D eigenvalue weighted by molar-refractivity contribution is -0.118. The first-order valence-corrected chi connectivity index (χ1v) is 13.3. The third-order valence-electron chi connectivity index (χ3n) is 7.15. The van der Waals surface area contributed by atoms with Crippen LogP contribution in [0, 0.1) is 10.8 Å². The molecular formula is C31H35N3O4. The molecular weight excluding hydrogens is 478 g/mol. The summed E-state index contributed by atoms with van der Waals surface area (Å²) in [4.78, 5) is 18.1. The number of Topliss-reactive ketones (excluding diaryl/α,β-unsaturated/α-hetero) is 1. The van der Waals surface area contributed by atoms with Crippen molar-refractivity contribution in [3.05, 3.63) is 88.4 Å². The molecule has 0 bridgehead atoms. The number of aromatic nitrogens is 2. The van der Waals surface area contributed by atoms with E-state index in [9.17, 15) is 10.2 Å². The Balaban J connectivity index is 1.51. The maximum atomic E-state index is 13.5. The Morgan fingerprint density at radius 3 is 2.53 bits per heavy atom. The number of carbonyl (C=O) groups excluding carboxylic acids is 1. The third-order valence-corrected chi connectivity index (χ3v) is 7.15. The summed E-state index contributed by atoms with van der Waals surface area (Å²) >= 11 is 0. The molecule has 1 atom stereocenters. The minimum atomic E-state index is -0.374. The van der Waals surface area contributed by atoms with Crippen LogP contribution < -0.4 is 19.7 Å². The van der Waals surface area contributed by atoms with Crippen LogP contribution in [0.25, 0.3) is 0 Å². The van der Waals surface area contributed by atoms with E-state index in [1.807, 2.05) is 66.9 Å². The summed E-state index contributed by atoms with van der Waals surface area (Å²) in [5.41, 5.74) is 3.50. The van der Waals surface area contributed by atoms with Crippen LogP contribution in [0.2, 0.25) is 0 Å². The molecule has 0 radical (unpaired) electrons. The van der Waals surface area contributed by atoms with E-state index in [1.54, 1.807) is 6.33 Å². The van der Waals surface area contributed by atoms with Gasteiger partial charge >= 0.3 is 0 Å². The second kappa shape index (κ2) is 10.5. The fraction of sp³-hybridized carbons (Fsp3) is 0.387. The van der Waals surface area contributed by atoms with Gasteiger partial charge in [0.15, 0.2) is 17.3 Å². The van der Waals surface area contributed by atoms with Gasteiger partial charge < -0.3 is 18.8 Å². The second-order valence-corrected chi connectivity index (χ2v) is 10.6. The van der Waals surface area contributed by atoms with Crippen molar-refractivity contribution in [2.45, 2.75) is 59.4 Å². The number of carbonyl (C=O) groups is 1. The summed E-state index contributed by atoms with van der Waals surface area (Å²) in [6, 6.07) is 15.9. The van der Waals surface area contributed by atoms with E-state index in [-0.39, 0.29) is 17.1 Å². The maximum absolute atomic E-state index is 13.5. The fourth-order valence-electron chi connectivity index (χ4n) is 5.45. The fourth-order valence-corrected chi connectivity index (χ4v) is 5.45. The molecule has 3 aromatic rings. The van der Waals surface area contributed by atoms with Crippen LogP contribution in [0.15, 0.2) is 66.2 Å². The molecule has 2 aliphatic rings. The van der Waals surface area contributed by atoms with E-state index in [1.165, 1.54) is 0 Å². The van der Waals surface area contributed by atoms with Gasteiger partial charge in [0.05, 0.1) is 18.8 Å². The lowest BCUT2D eigenvalue weighted by Crippen LogP contribution is -2.37. The molecule has 7 heteroatoms. The first-order chi connectivity index (χ1) is 18.3. The van der Waals surface area contributed by atoms with Crippen molar-refractivity contribution < 1.29 is 19.0 Å². The molecule has 0 fully saturated rings. The van der Waals surface area contributed by atoms with Crippen molar-refractivity contribution in [1.82, 2.24) is 9.55 Å². The monoisotopic (exact) mass is 513 g/mol. The highest BCUT2D eigenvalue weighted by Crippen LogP contribution is 2.48. The number of hydrogen-bond donors (Lipinski definition) is 1. The number of ether oxygens (including phenoxy) is 3. The first kappa shape index (κ1) is 25.8. The number of fused-ring (bicyclic) bond motifs is 1. The van der Waals surface area contributed by atoms with Crippen LogP contribution in [0.4, 0.5) is 0 Å². The standard InChI is InChI=1S/C31H35N3O4/c1-5-36-23-13-12-20(16-24(23)37-6-2)14-15-34-19-33-30-28(29(34)32)26(21-10-8-7-9-11-21)27-22(35)17-31(3,4)18-25(27)38-30/h7-13,16,19,26,32H,5-6,14-15,17-18H2,1-4H3/t26-/m0/s1. The molecule has 1 aliphatic heterocycles. The van der Waals surface area contributed by atoms with Gasteiger partial charge in [0.1, 0.15) is 17.6 Å². The van der Waals surface area contributed by atoms with Crippen molar-refractivity contribution in [3.63, 3.8) is 0 Å². The van der Waals surface area contributed by atoms with Gasteiger partial charge in [-0.25, -0.2) is 4.98 Å². The van der Waals surface area contributed by atoms with Crippen molar-refractivity contribution in [2.75, 3.05) is 13.2 Å². The molecule has 0 saturated heterocycles. The third kappa shape index (κ3) is 4.97. The molecule has 38 heavy (non-hydrogen) atoms. The molecule has 0 amide bonds. The number of ketones is 1. The zero-order valence-corrected chi connectivity index (χ0v) is 22.5. The topological polar surface area (TPSA) is 86.4 Å². The molecule has 0 unspecified atom stereocenters. The Labute approximate surface area is 223 Å². The van der Waals surface area contributed by atoms with Crippen LogP contribution in [-0.2, 0) is 17.8 Å². The number of aryl methyl sites for hydroxylation is 2. The molecule has 1 aliphatic carbocycles. The Morgan fingerprint density at radius 1 is 1.05 bits per heavy atom. The highest BCUT2D eigenvalue weighted by atomic mass is 16.5. The SMILES string of the molecule is CCOc1ccc(CCn2cnc3c(c2=N)[C@@H](c2ccccc2)C2=C(CC(C)(C)CC2=O)O3)cc1OCC. The maximum Gasteiger partial charge on any atom is 0.228 e.